The second kappa shape index (κ2) is 8.63. The van der Waals surface area contributed by atoms with Crippen LogP contribution in [0.1, 0.15) is 12.0 Å². The monoisotopic (exact) mass is 363 g/mol. The van der Waals surface area contributed by atoms with Crippen LogP contribution < -0.4 is 10.6 Å². The number of methoxy groups -OCH3 is 2. The lowest BCUT2D eigenvalue weighted by Gasteiger charge is -2.26. The number of ether oxygens (including phenoxy) is 2. The zero-order valence-electron chi connectivity index (χ0n) is 14.5. The minimum atomic E-state index is -1.50. The number of aliphatic hydroxyl groups excluding tert-OH is 1. The molecule has 2 rings (SSSR count). The van der Waals surface area contributed by atoms with Crippen molar-refractivity contribution in [1.82, 2.24) is 5.32 Å². The minimum absolute atomic E-state index is 0.183. The Bertz CT molecular complexity index is 713. The number of nitrogens with zero attached hydrogens (tertiary/aromatic N) is 3. The number of carbonyl (C=O) groups is 2. The number of anilines is 1. The van der Waals surface area contributed by atoms with Crippen LogP contribution in [-0.2, 0) is 25.5 Å². The van der Waals surface area contributed by atoms with Gasteiger partial charge in [0.2, 0.25) is 11.8 Å². The van der Waals surface area contributed by atoms with Crippen LogP contribution in [-0.4, -0.2) is 55.6 Å². The predicted molar refractivity (Wildman–Crippen MR) is 92.1 cm³/mol. The Morgan fingerprint density at radius 2 is 2.19 bits per heavy atom. The summed E-state index contributed by atoms with van der Waals surface area (Å²) in [4.78, 5) is 27.2. The van der Waals surface area contributed by atoms with Gasteiger partial charge in [0, 0.05) is 37.7 Å². The van der Waals surface area contributed by atoms with Crippen LogP contribution in [0.3, 0.4) is 0 Å². The highest BCUT2D eigenvalue weighted by molar-refractivity contribution is 6.04. The number of azide groups is 1. The van der Waals surface area contributed by atoms with Gasteiger partial charge in [0.05, 0.1) is 6.54 Å². The van der Waals surface area contributed by atoms with E-state index in [9.17, 15) is 14.7 Å². The molecule has 140 valence electrons. The maximum Gasteiger partial charge on any atom is 0.250 e. The molecule has 10 heteroatoms. The van der Waals surface area contributed by atoms with Crippen LogP contribution in [0.15, 0.2) is 29.4 Å². The molecule has 2 atom stereocenters. The number of para-hydroxylation sites is 1. The van der Waals surface area contributed by atoms with Crippen molar-refractivity contribution in [3.05, 3.63) is 40.3 Å². The van der Waals surface area contributed by atoms with Crippen molar-refractivity contribution in [2.24, 2.45) is 5.11 Å². The van der Waals surface area contributed by atoms with Gasteiger partial charge in [-0.2, -0.15) is 0 Å². The molecule has 1 aromatic rings. The van der Waals surface area contributed by atoms with E-state index in [4.69, 9.17) is 15.0 Å². The van der Waals surface area contributed by atoms with Crippen LogP contribution in [0, 0.1) is 0 Å². The summed E-state index contributed by atoms with van der Waals surface area (Å²) < 4.78 is 10.4. The Labute approximate surface area is 150 Å². The Balaban J connectivity index is 2.24. The first-order valence-electron chi connectivity index (χ1n) is 7.91. The molecule has 0 aliphatic carbocycles. The van der Waals surface area contributed by atoms with Gasteiger partial charge in [0.1, 0.15) is 11.6 Å². The van der Waals surface area contributed by atoms with Gasteiger partial charge in [-0.1, -0.05) is 23.3 Å². The maximum atomic E-state index is 12.8. The highest BCUT2D eigenvalue weighted by atomic mass is 16.7. The van der Waals surface area contributed by atoms with E-state index in [0.29, 0.717) is 12.1 Å². The molecule has 0 saturated carbocycles. The maximum absolute atomic E-state index is 12.8. The quantitative estimate of drug-likeness (QED) is 0.269. The average Bonchev–Trinajstić information content (AvgIpc) is 2.94. The molecule has 1 fully saturated rings. The standard InChI is InChI=1S/C16H21N5O5/c1-25-13(26-2)7-10-5-3-4-6-11(10)19-15(24)16(9-18-21-17)8-12(22)14(23)20-16/h3-6,12-13,22H,7-9H2,1-2H3,(H,19,24)(H,20,23). The van der Waals surface area contributed by atoms with E-state index in [2.05, 4.69) is 20.7 Å². The lowest BCUT2D eigenvalue weighted by molar-refractivity contribution is -0.128. The minimum Gasteiger partial charge on any atom is -0.383 e. The number of nitrogens with one attached hydrogen (secondary N) is 2. The summed E-state index contributed by atoms with van der Waals surface area (Å²) in [7, 11) is 3.03. The van der Waals surface area contributed by atoms with Gasteiger partial charge < -0.3 is 25.2 Å². The second-order valence-corrected chi connectivity index (χ2v) is 5.90. The number of benzene rings is 1. The van der Waals surface area contributed by atoms with E-state index in [1.54, 1.807) is 12.1 Å². The molecule has 0 spiro atoms. The third-order valence-corrected chi connectivity index (χ3v) is 4.22. The van der Waals surface area contributed by atoms with Crippen LogP contribution >= 0.6 is 0 Å². The van der Waals surface area contributed by atoms with Gasteiger partial charge in [-0.3, -0.25) is 9.59 Å². The molecule has 1 aliphatic heterocycles. The molecule has 1 aliphatic rings. The Morgan fingerprint density at radius 3 is 2.77 bits per heavy atom. The molecule has 0 radical (unpaired) electrons. The number of carbonyl (C=O) groups excluding carboxylic acids is 2. The third-order valence-electron chi connectivity index (χ3n) is 4.22. The van der Waals surface area contributed by atoms with Gasteiger partial charge in [0.15, 0.2) is 6.29 Å². The summed E-state index contributed by atoms with van der Waals surface area (Å²) in [6, 6.07) is 7.06. The molecule has 10 nitrogen and oxygen atoms in total. The average molecular weight is 363 g/mol. The van der Waals surface area contributed by atoms with Crippen molar-refractivity contribution in [2.45, 2.75) is 30.8 Å². The predicted octanol–water partition coefficient (Wildman–Crippen LogP) is 0.716. The van der Waals surface area contributed by atoms with E-state index < -0.39 is 29.7 Å². The molecular formula is C16H21N5O5. The van der Waals surface area contributed by atoms with Crippen molar-refractivity contribution in [3.63, 3.8) is 0 Å². The lowest BCUT2D eigenvalue weighted by atomic mass is 9.95. The molecule has 1 saturated heterocycles. The molecule has 0 bridgehead atoms. The van der Waals surface area contributed by atoms with Crippen LogP contribution in [0.25, 0.3) is 10.4 Å². The van der Waals surface area contributed by atoms with E-state index in [0.717, 1.165) is 5.56 Å². The van der Waals surface area contributed by atoms with E-state index in [1.165, 1.54) is 14.2 Å². The first kappa shape index (κ1) is 19.7. The Hall–Kier alpha value is -2.65. The fourth-order valence-electron chi connectivity index (χ4n) is 2.78. The topological polar surface area (TPSA) is 146 Å². The van der Waals surface area contributed by atoms with Crippen LogP contribution in [0.5, 0.6) is 0 Å². The largest absolute Gasteiger partial charge is 0.383 e. The lowest BCUT2D eigenvalue weighted by Crippen LogP contribution is -2.54. The molecule has 1 aromatic carbocycles. The number of amides is 2. The summed E-state index contributed by atoms with van der Waals surface area (Å²) in [5.74, 6) is -1.26. The summed E-state index contributed by atoms with van der Waals surface area (Å²) in [6.45, 7) is -0.306. The van der Waals surface area contributed by atoms with E-state index in [-0.39, 0.29) is 13.0 Å². The summed E-state index contributed by atoms with van der Waals surface area (Å²) in [6.07, 6.45) is -1.62. The van der Waals surface area contributed by atoms with Gasteiger partial charge >= 0.3 is 0 Å². The van der Waals surface area contributed by atoms with Crippen molar-refractivity contribution >= 4 is 17.5 Å². The van der Waals surface area contributed by atoms with Gasteiger partial charge in [0.25, 0.3) is 0 Å². The Morgan fingerprint density at radius 1 is 1.50 bits per heavy atom. The van der Waals surface area contributed by atoms with E-state index >= 15 is 0 Å². The number of hydrogen-bond acceptors (Lipinski definition) is 6. The highest BCUT2D eigenvalue weighted by Crippen LogP contribution is 2.25. The first-order valence-corrected chi connectivity index (χ1v) is 7.91. The Kier molecular flexibility index (Phi) is 6.53. The fraction of sp³-hybridized carbons (Fsp3) is 0.500. The first-order chi connectivity index (χ1) is 12.5. The molecule has 2 unspecified atom stereocenters. The van der Waals surface area contributed by atoms with Crippen molar-refractivity contribution in [1.29, 1.82) is 0 Å². The zero-order valence-corrected chi connectivity index (χ0v) is 14.5. The van der Waals surface area contributed by atoms with Crippen molar-refractivity contribution in [2.75, 3.05) is 26.1 Å². The summed E-state index contributed by atoms with van der Waals surface area (Å²) in [5, 5.41) is 18.3. The third kappa shape index (κ3) is 4.30. The molecule has 3 N–H and O–H groups in total. The smallest absolute Gasteiger partial charge is 0.250 e. The molecular weight excluding hydrogens is 342 g/mol. The summed E-state index contributed by atoms with van der Waals surface area (Å²) in [5.41, 5.74) is 8.33. The normalized spacial score (nSPS) is 22.0. The molecule has 0 aromatic heterocycles. The van der Waals surface area contributed by atoms with Crippen LogP contribution in [0.4, 0.5) is 5.69 Å². The number of hydrogen-bond donors (Lipinski definition) is 3. The second-order valence-electron chi connectivity index (χ2n) is 5.90. The number of aliphatic hydroxyl groups is 1. The molecule has 2 amide bonds. The SMILES string of the molecule is COC(Cc1ccccc1NC(=O)C1(CN=[N+]=[N-])CC(O)C(=O)N1)OC. The van der Waals surface area contributed by atoms with Gasteiger partial charge in [-0.05, 0) is 17.2 Å². The molecule has 26 heavy (non-hydrogen) atoms. The molecule has 1 heterocycles. The van der Waals surface area contributed by atoms with Crippen LogP contribution in [0.2, 0.25) is 0 Å². The van der Waals surface area contributed by atoms with Gasteiger partial charge in [-0.25, -0.2) is 0 Å². The van der Waals surface area contributed by atoms with Crippen molar-refractivity contribution < 1.29 is 24.2 Å². The zero-order chi connectivity index (χ0) is 19.2. The van der Waals surface area contributed by atoms with E-state index in [1.807, 2.05) is 12.1 Å². The summed E-state index contributed by atoms with van der Waals surface area (Å²) >= 11 is 0. The fourth-order valence-corrected chi connectivity index (χ4v) is 2.78. The number of rotatable bonds is 8. The van der Waals surface area contributed by atoms with Gasteiger partial charge in [-0.15, -0.1) is 0 Å². The van der Waals surface area contributed by atoms with Crippen molar-refractivity contribution in [3.8, 4) is 0 Å². The highest BCUT2D eigenvalue weighted by Gasteiger charge is 2.48.